The van der Waals surface area contributed by atoms with Crippen molar-refractivity contribution in [1.29, 1.82) is 0 Å². The molecule has 0 aromatic heterocycles. The van der Waals surface area contributed by atoms with E-state index in [-0.39, 0.29) is 5.75 Å². The molecular weight excluding hydrogens is 322 g/mol. The Morgan fingerprint density at radius 3 is 2.33 bits per heavy atom. The van der Waals surface area contributed by atoms with Gasteiger partial charge in [0.25, 0.3) is 0 Å². The van der Waals surface area contributed by atoms with Crippen LogP contribution in [0.25, 0.3) is 0 Å². The second-order valence-electron chi connectivity index (χ2n) is 4.32. The first-order valence-electron chi connectivity index (χ1n) is 4.92. The average Bonchev–Trinajstić information content (AvgIpc) is 2.90. The highest BCUT2D eigenvalue weighted by Crippen LogP contribution is 2.36. The molecule has 82 valence electrons. The van der Waals surface area contributed by atoms with Gasteiger partial charge in [-0.25, -0.2) is 0 Å². The van der Waals surface area contributed by atoms with E-state index in [1.165, 1.54) is 18.4 Å². The third-order valence-electron chi connectivity index (χ3n) is 2.80. The number of phenolic OH excluding ortho intramolecular Hbond substituents is 1. The van der Waals surface area contributed by atoms with E-state index >= 15 is 0 Å². The molecule has 2 N–H and O–H groups in total. The molecule has 4 heteroatoms. The molecule has 1 saturated carbocycles. The molecular formula is C11H13Br2NO. The third-order valence-corrected chi connectivity index (χ3v) is 4.00. The topological polar surface area (TPSA) is 32.3 Å². The van der Waals surface area contributed by atoms with Crippen molar-refractivity contribution in [2.45, 2.75) is 31.8 Å². The summed E-state index contributed by atoms with van der Waals surface area (Å²) in [6, 6.07) is 3.89. The van der Waals surface area contributed by atoms with Gasteiger partial charge in [-0.1, -0.05) is 0 Å². The molecule has 0 amide bonds. The Morgan fingerprint density at radius 1 is 1.33 bits per heavy atom. The monoisotopic (exact) mass is 333 g/mol. The zero-order valence-corrected chi connectivity index (χ0v) is 11.7. The van der Waals surface area contributed by atoms with Crippen molar-refractivity contribution >= 4 is 31.9 Å². The number of hydrogen-bond acceptors (Lipinski definition) is 2. The van der Waals surface area contributed by atoms with Crippen molar-refractivity contribution in [2.75, 3.05) is 0 Å². The first kappa shape index (κ1) is 11.4. The minimum Gasteiger partial charge on any atom is -0.506 e. The molecule has 0 unspecified atom stereocenters. The quantitative estimate of drug-likeness (QED) is 0.885. The number of hydrogen-bond donors (Lipinski definition) is 2. The highest BCUT2D eigenvalue weighted by Gasteiger charge is 2.36. The Kier molecular flexibility index (Phi) is 3.10. The fourth-order valence-electron chi connectivity index (χ4n) is 1.40. The average molecular weight is 335 g/mol. The van der Waals surface area contributed by atoms with E-state index in [1.54, 1.807) is 0 Å². The van der Waals surface area contributed by atoms with Crippen LogP contribution < -0.4 is 5.32 Å². The molecule has 1 aliphatic carbocycles. The first-order chi connectivity index (χ1) is 7.00. The van der Waals surface area contributed by atoms with Gasteiger partial charge < -0.3 is 10.4 Å². The number of rotatable bonds is 3. The molecule has 15 heavy (non-hydrogen) atoms. The number of phenols is 1. The highest BCUT2D eigenvalue weighted by molar-refractivity contribution is 9.11. The largest absolute Gasteiger partial charge is 0.506 e. The van der Waals surface area contributed by atoms with Gasteiger partial charge in [0, 0.05) is 12.1 Å². The molecule has 0 saturated heterocycles. The summed E-state index contributed by atoms with van der Waals surface area (Å²) >= 11 is 6.65. The lowest BCUT2D eigenvalue weighted by Gasteiger charge is -2.12. The summed E-state index contributed by atoms with van der Waals surface area (Å²) in [6.45, 7) is 3.07. The summed E-state index contributed by atoms with van der Waals surface area (Å²) < 4.78 is 1.46. The zero-order chi connectivity index (χ0) is 11.1. The lowest BCUT2D eigenvalue weighted by Crippen LogP contribution is -2.26. The van der Waals surface area contributed by atoms with Gasteiger partial charge in [0.2, 0.25) is 0 Å². The van der Waals surface area contributed by atoms with E-state index in [0.29, 0.717) is 5.54 Å². The zero-order valence-electron chi connectivity index (χ0n) is 8.48. The van der Waals surface area contributed by atoms with Crippen LogP contribution in [-0.2, 0) is 6.54 Å². The van der Waals surface area contributed by atoms with Crippen molar-refractivity contribution in [3.05, 3.63) is 26.6 Å². The number of aromatic hydroxyl groups is 1. The van der Waals surface area contributed by atoms with E-state index < -0.39 is 0 Å². The third kappa shape index (κ3) is 2.74. The van der Waals surface area contributed by atoms with Crippen molar-refractivity contribution < 1.29 is 5.11 Å². The predicted molar refractivity (Wildman–Crippen MR) is 68.0 cm³/mol. The van der Waals surface area contributed by atoms with Gasteiger partial charge in [0.05, 0.1) is 8.95 Å². The van der Waals surface area contributed by atoms with Crippen LogP contribution in [0.5, 0.6) is 5.75 Å². The molecule has 0 heterocycles. The van der Waals surface area contributed by atoms with Crippen LogP contribution in [-0.4, -0.2) is 10.6 Å². The summed E-state index contributed by atoms with van der Waals surface area (Å²) in [6.07, 6.45) is 2.51. The van der Waals surface area contributed by atoms with Crippen LogP contribution in [0.3, 0.4) is 0 Å². The highest BCUT2D eigenvalue weighted by atomic mass is 79.9. The van der Waals surface area contributed by atoms with E-state index in [4.69, 9.17) is 0 Å². The summed E-state index contributed by atoms with van der Waals surface area (Å²) in [5, 5.41) is 13.1. The summed E-state index contributed by atoms with van der Waals surface area (Å²) in [5.41, 5.74) is 1.51. The molecule has 1 aromatic carbocycles. The maximum atomic E-state index is 9.56. The van der Waals surface area contributed by atoms with Crippen molar-refractivity contribution in [2.24, 2.45) is 0 Å². The van der Waals surface area contributed by atoms with Crippen molar-refractivity contribution in [3.8, 4) is 5.75 Å². The molecule has 1 fully saturated rings. The first-order valence-corrected chi connectivity index (χ1v) is 6.51. The molecule has 0 aliphatic heterocycles. The lowest BCUT2D eigenvalue weighted by atomic mass is 10.2. The van der Waals surface area contributed by atoms with Crippen molar-refractivity contribution in [3.63, 3.8) is 0 Å². The minimum atomic E-state index is 0.261. The molecule has 0 bridgehead atoms. The summed E-state index contributed by atoms with van der Waals surface area (Å²) in [4.78, 5) is 0. The van der Waals surface area contributed by atoms with Crippen LogP contribution in [0.15, 0.2) is 21.1 Å². The van der Waals surface area contributed by atoms with Gasteiger partial charge >= 0.3 is 0 Å². The van der Waals surface area contributed by atoms with Gasteiger partial charge in [-0.15, -0.1) is 0 Å². The Balaban J connectivity index is 2.08. The van der Waals surface area contributed by atoms with Gasteiger partial charge in [0.1, 0.15) is 5.75 Å². The smallest absolute Gasteiger partial charge is 0.143 e. The molecule has 0 atom stereocenters. The second kappa shape index (κ2) is 4.07. The maximum absolute atomic E-state index is 9.56. The summed E-state index contributed by atoms with van der Waals surface area (Å²) in [7, 11) is 0. The Bertz CT molecular complexity index is 365. The Hall–Kier alpha value is -0.0600. The Labute approximate surface area is 106 Å². The number of halogens is 2. The molecule has 0 radical (unpaired) electrons. The maximum Gasteiger partial charge on any atom is 0.143 e. The fraction of sp³-hybridized carbons (Fsp3) is 0.455. The number of benzene rings is 1. The normalized spacial score (nSPS) is 17.8. The van der Waals surface area contributed by atoms with E-state index in [0.717, 1.165) is 15.5 Å². The van der Waals surface area contributed by atoms with Crippen LogP contribution in [0.1, 0.15) is 25.3 Å². The molecule has 0 spiro atoms. The SMILES string of the molecule is CC1(NCc2cc(Br)c(O)c(Br)c2)CC1. The standard InChI is InChI=1S/C11H13Br2NO/c1-11(2-3-11)14-6-7-4-8(12)10(15)9(13)5-7/h4-5,14-15H,2-3,6H2,1H3. The van der Waals surface area contributed by atoms with E-state index in [2.05, 4.69) is 44.1 Å². The van der Waals surface area contributed by atoms with Crippen LogP contribution in [0.4, 0.5) is 0 Å². The van der Waals surface area contributed by atoms with Crippen LogP contribution in [0.2, 0.25) is 0 Å². The van der Waals surface area contributed by atoms with Crippen LogP contribution in [0, 0.1) is 0 Å². The van der Waals surface area contributed by atoms with Crippen molar-refractivity contribution in [1.82, 2.24) is 5.32 Å². The summed E-state index contributed by atoms with van der Waals surface area (Å²) in [5.74, 6) is 0.261. The van der Waals surface area contributed by atoms with Crippen LogP contribution >= 0.6 is 31.9 Å². The predicted octanol–water partition coefficient (Wildman–Crippen LogP) is 3.56. The Morgan fingerprint density at radius 2 is 1.87 bits per heavy atom. The molecule has 1 aliphatic rings. The number of nitrogens with one attached hydrogen (secondary N) is 1. The van der Waals surface area contributed by atoms with E-state index in [9.17, 15) is 5.11 Å². The molecule has 2 rings (SSSR count). The van der Waals surface area contributed by atoms with E-state index in [1.807, 2.05) is 12.1 Å². The molecule has 1 aromatic rings. The van der Waals surface area contributed by atoms with Gasteiger partial charge in [-0.3, -0.25) is 0 Å². The lowest BCUT2D eigenvalue weighted by molar-refractivity contribution is 0.467. The van der Waals surface area contributed by atoms with Gasteiger partial charge in [0.15, 0.2) is 0 Å². The minimum absolute atomic E-state index is 0.261. The van der Waals surface area contributed by atoms with Gasteiger partial charge in [-0.2, -0.15) is 0 Å². The van der Waals surface area contributed by atoms with Gasteiger partial charge in [-0.05, 0) is 69.3 Å². The molecule has 2 nitrogen and oxygen atoms in total. The fourth-order valence-corrected chi connectivity index (χ4v) is 2.68. The second-order valence-corrected chi connectivity index (χ2v) is 6.03.